The second-order valence-corrected chi connectivity index (χ2v) is 5.45. The molecule has 0 radical (unpaired) electrons. The fourth-order valence-corrected chi connectivity index (χ4v) is 2.13. The zero-order chi connectivity index (χ0) is 13.9. The van der Waals surface area contributed by atoms with Crippen LogP contribution in [0.3, 0.4) is 0 Å². The van der Waals surface area contributed by atoms with Crippen LogP contribution in [0.2, 0.25) is 0 Å². The Labute approximate surface area is 119 Å². The van der Waals surface area contributed by atoms with Gasteiger partial charge in [0.1, 0.15) is 5.75 Å². The van der Waals surface area contributed by atoms with Gasteiger partial charge in [0.15, 0.2) is 0 Å². The van der Waals surface area contributed by atoms with E-state index in [1.807, 2.05) is 38.4 Å². The first-order valence-electron chi connectivity index (χ1n) is 6.99. The monoisotopic (exact) mass is 269 g/mol. The average molecular weight is 269 g/mol. The summed E-state index contributed by atoms with van der Waals surface area (Å²) in [6, 6.07) is 7.17. The summed E-state index contributed by atoms with van der Waals surface area (Å²) in [5, 5.41) is 3.44. The molecule has 0 aliphatic heterocycles. The Morgan fingerprint density at radius 2 is 1.75 bits per heavy atom. The summed E-state index contributed by atoms with van der Waals surface area (Å²) in [5.41, 5.74) is 3.43. The van der Waals surface area contributed by atoms with Gasteiger partial charge in [-0.15, -0.1) is 0 Å². The first-order chi connectivity index (χ1) is 9.69. The summed E-state index contributed by atoms with van der Waals surface area (Å²) in [5.74, 6) is 0.784. The SMILES string of the molecule is Cc1cc(C)cc(Oc2ncc(CNC3CC3)cn2)c1. The van der Waals surface area contributed by atoms with Crippen molar-refractivity contribution in [2.75, 3.05) is 0 Å². The van der Waals surface area contributed by atoms with Crippen LogP contribution in [0.5, 0.6) is 11.8 Å². The van der Waals surface area contributed by atoms with Crippen LogP contribution in [0.4, 0.5) is 0 Å². The summed E-state index contributed by atoms with van der Waals surface area (Å²) in [6.07, 6.45) is 6.21. The Morgan fingerprint density at radius 1 is 1.10 bits per heavy atom. The number of benzene rings is 1. The van der Waals surface area contributed by atoms with Crippen LogP contribution < -0.4 is 10.1 Å². The van der Waals surface area contributed by atoms with E-state index in [4.69, 9.17) is 4.74 Å². The van der Waals surface area contributed by atoms with Crippen molar-refractivity contribution in [3.8, 4) is 11.8 Å². The molecule has 3 rings (SSSR count). The van der Waals surface area contributed by atoms with E-state index in [-0.39, 0.29) is 0 Å². The molecule has 1 aliphatic carbocycles. The number of ether oxygens (including phenoxy) is 1. The van der Waals surface area contributed by atoms with Crippen molar-refractivity contribution in [3.63, 3.8) is 0 Å². The fraction of sp³-hybridized carbons (Fsp3) is 0.375. The molecule has 104 valence electrons. The number of nitrogens with one attached hydrogen (secondary N) is 1. The maximum atomic E-state index is 5.69. The summed E-state index contributed by atoms with van der Waals surface area (Å²) >= 11 is 0. The van der Waals surface area contributed by atoms with E-state index < -0.39 is 0 Å². The average Bonchev–Trinajstić information content (AvgIpc) is 3.21. The van der Waals surface area contributed by atoms with E-state index in [2.05, 4.69) is 21.4 Å². The number of nitrogens with zero attached hydrogens (tertiary/aromatic N) is 2. The van der Waals surface area contributed by atoms with Crippen molar-refractivity contribution in [2.24, 2.45) is 0 Å². The standard InChI is InChI=1S/C16H19N3O/c1-11-5-12(2)7-15(6-11)20-16-18-9-13(10-19-16)8-17-14-3-4-14/h5-7,9-10,14,17H,3-4,8H2,1-2H3. The third kappa shape index (κ3) is 3.54. The minimum absolute atomic E-state index is 0.394. The number of rotatable bonds is 5. The van der Waals surface area contributed by atoms with Gasteiger partial charge in [0.05, 0.1) is 0 Å². The summed E-state index contributed by atoms with van der Waals surface area (Å²) < 4.78 is 5.69. The van der Waals surface area contributed by atoms with Gasteiger partial charge in [-0.25, -0.2) is 9.97 Å². The van der Waals surface area contributed by atoms with E-state index in [9.17, 15) is 0 Å². The highest BCUT2D eigenvalue weighted by molar-refractivity contribution is 5.34. The van der Waals surface area contributed by atoms with Gasteiger partial charge in [0, 0.05) is 30.5 Å². The predicted octanol–water partition coefficient (Wildman–Crippen LogP) is 3.14. The molecule has 1 heterocycles. The topological polar surface area (TPSA) is 47.0 Å². The fourth-order valence-electron chi connectivity index (χ4n) is 2.13. The smallest absolute Gasteiger partial charge is 0.321 e. The molecule has 0 spiro atoms. The molecule has 0 bridgehead atoms. The van der Waals surface area contributed by atoms with Crippen LogP contribution in [0, 0.1) is 13.8 Å². The Morgan fingerprint density at radius 3 is 2.35 bits per heavy atom. The zero-order valence-corrected chi connectivity index (χ0v) is 11.9. The minimum atomic E-state index is 0.394. The van der Waals surface area contributed by atoms with Gasteiger partial charge in [-0.05, 0) is 49.9 Å². The maximum absolute atomic E-state index is 5.69. The summed E-state index contributed by atoms with van der Waals surface area (Å²) in [7, 11) is 0. The largest absolute Gasteiger partial charge is 0.424 e. The first-order valence-corrected chi connectivity index (χ1v) is 6.99. The van der Waals surface area contributed by atoms with Gasteiger partial charge in [-0.3, -0.25) is 0 Å². The maximum Gasteiger partial charge on any atom is 0.321 e. The zero-order valence-electron chi connectivity index (χ0n) is 11.9. The molecule has 1 fully saturated rings. The summed E-state index contributed by atoms with van der Waals surface area (Å²) in [4.78, 5) is 8.52. The van der Waals surface area contributed by atoms with Crippen molar-refractivity contribution in [3.05, 3.63) is 47.3 Å². The highest BCUT2D eigenvalue weighted by atomic mass is 16.5. The van der Waals surface area contributed by atoms with Gasteiger partial charge >= 0.3 is 6.01 Å². The highest BCUT2D eigenvalue weighted by Gasteiger charge is 2.19. The molecule has 1 aliphatic rings. The van der Waals surface area contributed by atoms with Crippen molar-refractivity contribution >= 4 is 0 Å². The third-order valence-corrected chi connectivity index (χ3v) is 3.26. The molecule has 0 saturated heterocycles. The van der Waals surface area contributed by atoms with Crippen LogP contribution in [0.15, 0.2) is 30.6 Å². The van der Waals surface area contributed by atoms with Crippen LogP contribution in [-0.2, 0) is 6.54 Å². The lowest BCUT2D eigenvalue weighted by Crippen LogP contribution is -2.15. The first kappa shape index (κ1) is 13.1. The Kier molecular flexibility index (Phi) is 3.65. The number of hydrogen-bond acceptors (Lipinski definition) is 4. The molecule has 0 amide bonds. The molecule has 4 nitrogen and oxygen atoms in total. The summed E-state index contributed by atoms with van der Waals surface area (Å²) in [6.45, 7) is 4.93. The Bertz CT molecular complexity index is 571. The van der Waals surface area contributed by atoms with Crippen LogP contribution in [0.25, 0.3) is 0 Å². The third-order valence-electron chi connectivity index (χ3n) is 3.26. The molecule has 1 aromatic heterocycles. The normalized spacial score (nSPS) is 14.3. The highest BCUT2D eigenvalue weighted by Crippen LogP contribution is 2.21. The van der Waals surface area contributed by atoms with Crippen LogP contribution >= 0.6 is 0 Å². The molecule has 4 heteroatoms. The van der Waals surface area contributed by atoms with Crippen molar-refractivity contribution < 1.29 is 4.74 Å². The molecule has 0 atom stereocenters. The van der Waals surface area contributed by atoms with Gasteiger partial charge in [0.2, 0.25) is 0 Å². The van der Waals surface area contributed by atoms with Crippen molar-refractivity contribution in [1.29, 1.82) is 0 Å². The lowest BCUT2D eigenvalue weighted by molar-refractivity contribution is 0.440. The molecular weight excluding hydrogens is 250 g/mol. The second-order valence-electron chi connectivity index (χ2n) is 5.45. The van der Waals surface area contributed by atoms with Crippen molar-refractivity contribution in [1.82, 2.24) is 15.3 Å². The predicted molar refractivity (Wildman–Crippen MR) is 77.9 cm³/mol. The molecule has 20 heavy (non-hydrogen) atoms. The minimum Gasteiger partial charge on any atom is -0.424 e. The van der Waals surface area contributed by atoms with Gasteiger partial charge in [-0.1, -0.05) is 6.07 Å². The number of hydrogen-bond donors (Lipinski definition) is 1. The molecule has 1 N–H and O–H groups in total. The van der Waals surface area contributed by atoms with Gasteiger partial charge < -0.3 is 10.1 Å². The molecule has 1 aromatic carbocycles. The van der Waals surface area contributed by atoms with Gasteiger partial charge in [0.25, 0.3) is 0 Å². The molecular formula is C16H19N3O. The van der Waals surface area contributed by atoms with E-state index in [0.717, 1.165) is 17.9 Å². The molecule has 0 unspecified atom stereocenters. The van der Waals surface area contributed by atoms with E-state index >= 15 is 0 Å². The quantitative estimate of drug-likeness (QED) is 0.906. The van der Waals surface area contributed by atoms with Crippen molar-refractivity contribution in [2.45, 2.75) is 39.3 Å². The number of aromatic nitrogens is 2. The molecule has 1 saturated carbocycles. The van der Waals surface area contributed by atoms with E-state index in [1.165, 1.54) is 24.0 Å². The van der Waals surface area contributed by atoms with Gasteiger partial charge in [-0.2, -0.15) is 0 Å². The van der Waals surface area contributed by atoms with E-state index in [1.54, 1.807) is 0 Å². The lowest BCUT2D eigenvalue weighted by atomic mass is 10.1. The Balaban J connectivity index is 1.64. The molecule has 2 aromatic rings. The van der Waals surface area contributed by atoms with E-state index in [0.29, 0.717) is 12.1 Å². The van der Waals surface area contributed by atoms with Crippen LogP contribution in [-0.4, -0.2) is 16.0 Å². The number of aryl methyl sites for hydroxylation is 2. The second kappa shape index (κ2) is 5.59. The lowest BCUT2D eigenvalue weighted by Gasteiger charge is -2.07. The Hall–Kier alpha value is -1.94. The van der Waals surface area contributed by atoms with Crippen LogP contribution in [0.1, 0.15) is 29.5 Å².